The van der Waals surface area contributed by atoms with Crippen molar-refractivity contribution in [2.45, 2.75) is 0 Å². The first-order valence-corrected chi connectivity index (χ1v) is 6.65. The van der Waals surface area contributed by atoms with Gasteiger partial charge in [0.25, 0.3) is 0 Å². The summed E-state index contributed by atoms with van der Waals surface area (Å²) < 4.78 is 5.23. The van der Waals surface area contributed by atoms with Crippen LogP contribution in [0, 0.1) is 10.1 Å². The van der Waals surface area contributed by atoms with Crippen molar-refractivity contribution >= 4 is 34.1 Å². The minimum absolute atomic E-state index is 0.0252. The van der Waals surface area contributed by atoms with Crippen molar-refractivity contribution in [2.24, 2.45) is 0 Å². The van der Waals surface area contributed by atoms with Crippen LogP contribution in [-0.4, -0.2) is 41.2 Å². The Balaban J connectivity index is 2.27. The lowest BCUT2D eigenvalue weighted by Crippen LogP contribution is -2.37. The third-order valence-corrected chi connectivity index (χ3v) is 3.65. The molecule has 0 amide bonds. The van der Waals surface area contributed by atoms with Crippen molar-refractivity contribution in [1.82, 2.24) is 9.97 Å². The van der Waals surface area contributed by atoms with E-state index in [0.717, 1.165) is 0 Å². The monoisotopic (exact) mass is 310 g/mol. The van der Waals surface area contributed by atoms with E-state index in [-0.39, 0.29) is 27.7 Å². The molecule has 21 heavy (non-hydrogen) atoms. The fourth-order valence-corrected chi connectivity index (χ4v) is 2.58. The second-order valence-corrected chi connectivity index (χ2v) is 4.92. The lowest BCUT2D eigenvalue weighted by atomic mass is 10.2. The molecule has 0 spiro atoms. The van der Waals surface area contributed by atoms with E-state index in [1.807, 2.05) is 0 Å². The van der Waals surface area contributed by atoms with Crippen LogP contribution < -0.4 is 10.5 Å². The van der Waals surface area contributed by atoms with Crippen molar-refractivity contribution in [3.8, 4) is 0 Å². The molecular formula is C12H11ClN4O4. The van der Waals surface area contributed by atoms with Crippen molar-refractivity contribution in [3.63, 3.8) is 0 Å². The number of nitrogens with zero attached hydrogens (tertiary/aromatic N) is 3. The Kier molecular flexibility index (Phi) is 3.48. The van der Waals surface area contributed by atoms with Gasteiger partial charge < -0.3 is 14.6 Å². The summed E-state index contributed by atoms with van der Waals surface area (Å²) in [6.07, 6.45) is 0. The van der Waals surface area contributed by atoms with E-state index >= 15 is 0 Å². The van der Waals surface area contributed by atoms with E-state index < -0.39 is 4.92 Å². The predicted octanol–water partition coefficient (Wildman–Crippen LogP) is 1.32. The van der Waals surface area contributed by atoms with Gasteiger partial charge in [-0.15, -0.1) is 0 Å². The Hall–Kier alpha value is -2.19. The number of nitrogens with one attached hydrogen (secondary N) is 1. The number of aromatic nitrogens is 2. The molecular weight excluding hydrogens is 300 g/mol. The van der Waals surface area contributed by atoms with E-state index in [1.165, 1.54) is 12.1 Å². The van der Waals surface area contributed by atoms with E-state index in [1.54, 1.807) is 4.90 Å². The number of hydrogen-bond acceptors (Lipinski definition) is 6. The van der Waals surface area contributed by atoms with Crippen LogP contribution in [0.1, 0.15) is 0 Å². The highest BCUT2D eigenvalue weighted by molar-refractivity contribution is 6.37. The molecule has 3 rings (SSSR count). The number of rotatable bonds is 2. The molecule has 8 nitrogen and oxygen atoms in total. The van der Waals surface area contributed by atoms with Gasteiger partial charge in [-0.2, -0.15) is 0 Å². The van der Waals surface area contributed by atoms with Crippen LogP contribution in [0.5, 0.6) is 0 Å². The molecule has 0 bridgehead atoms. The summed E-state index contributed by atoms with van der Waals surface area (Å²) in [4.78, 5) is 30.7. The number of hydrogen-bond donors (Lipinski definition) is 1. The average molecular weight is 311 g/mol. The van der Waals surface area contributed by atoms with E-state index in [9.17, 15) is 14.9 Å². The van der Waals surface area contributed by atoms with Crippen LogP contribution >= 0.6 is 11.6 Å². The molecule has 1 saturated heterocycles. The number of aromatic amines is 1. The molecule has 1 fully saturated rings. The molecule has 2 aromatic rings. The third-order valence-electron chi connectivity index (χ3n) is 3.27. The molecule has 9 heteroatoms. The van der Waals surface area contributed by atoms with Gasteiger partial charge in [-0.3, -0.25) is 14.9 Å². The van der Waals surface area contributed by atoms with Gasteiger partial charge in [0.2, 0.25) is 11.4 Å². The van der Waals surface area contributed by atoms with E-state index in [2.05, 4.69) is 9.97 Å². The lowest BCUT2D eigenvalue weighted by Gasteiger charge is -2.27. The molecule has 3 heterocycles. The van der Waals surface area contributed by atoms with E-state index in [0.29, 0.717) is 31.7 Å². The zero-order valence-electron chi connectivity index (χ0n) is 10.8. The van der Waals surface area contributed by atoms with Crippen LogP contribution in [0.3, 0.4) is 0 Å². The number of fused-ring (bicyclic) bond motifs is 1. The summed E-state index contributed by atoms with van der Waals surface area (Å²) in [7, 11) is 0. The molecule has 2 aromatic heterocycles. The minimum atomic E-state index is -0.551. The highest BCUT2D eigenvalue weighted by Gasteiger charge is 2.28. The van der Waals surface area contributed by atoms with Gasteiger partial charge in [0, 0.05) is 24.5 Å². The maximum absolute atomic E-state index is 11.4. The second kappa shape index (κ2) is 5.30. The Morgan fingerprint density at radius 3 is 2.76 bits per heavy atom. The Bertz CT molecular complexity index is 770. The van der Waals surface area contributed by atoms with Crippen LogP contribution in [0.4, 0.5) is 11.5 Å². The number of morpholine rings is 1. The molecule has 0 unspecified atom stereocenters. The largest absolute Gasteiger partial charge is 0.378 e. The fourth-order valence-electron chi connectivity index (χ4n) is 2.27. The fraction of sp³-hybridized carbons (Fsp3) is 0.333. The number of halogens is 1. The number of nitro groups is 1. The maximum Gasteiger partial charge on any atom is 0.330 e. The first-order valence-electron chi connectivity index (χ1n) is 6.27. The van der Waals surface area contributed by atoms with Crippen molar-refractivity contribution in [2.75, 3.05) is 31.2 Å². The average Bonchev–Trinajstić information content (AvgIpc) is 2.47. The summed E-state index contributed by atoms with van der Waals surface area (Å²) in [5.74, 6) is 0.155. The van der Waals surface area contributed by atoms with Gasteiger partial charge in [-0.25, -0.2) is 4.98 Å². The van der Waals surface area contributed by atoms with Crippen LogP contribution in [0.15, 0.2) is 16.9 Å². The number of ether oxygens (including phenoxy) is 1. The number of pyridine rings is 2. The van der Waals surface area contributed by atoms with E-state index in [4.69, 9.17) is 16.3 Å². The second-order valence-electron chi connectivity index (χ2n) is 4.54. The predicted molar refractivity (Wildman–Crippen MR) is 77.1 cm³/mol. The normalized spacial score (nSPS) is 15.4. The smallest absolute Gasteiger partial charge is 0.330 e. The number of anilines is 1. The summed E-state index contributed by atoms with van der Waals surface area (Å²) >= 11 is 6.15. The summed E-state index contributed by atoms with van der Waals surface area (Å²) in [6.45, 7) is 1.87. The van der Waals surface area contributed by atoms with Crippen molar-refractivity contribution in [3.05, 3.63) is 37.6 Å². The Morgan fingerprint density at radius 2 is 2.10 bits per heavy atom. The molecule has 0 atom stereocenters. The molecule has 1 N–H and O–H groups in total. The standard InChI is InChI=1S/C12H11ClN4O4/c13-9-7-1-2-8(18)14-11(7)15-12(10(9)17(19)20)16-3-5-21-6-4-16/h1-2H,3-6H2,(H,14,15,18). The summed E-state index contributed by atoms with van der Waals surface area (Å²) in [5, 5.41) is 11.7. The minimum Gasteiger partial charge on any atom is -0.378 e. The topological polar surface area (TPSA) is 101 Å². The van der Waals surface area contributed by atoms with Gasteiger partial charge >= 0.3 is 5.69 Å². The quantitative estimate of drug-likeness (QED) is 0.663. The van der Waals surface area contributed by atoms with Gasteiger partial charge in [0.15, 0.2) is 0 Å². The molecule has 1 aliphatic heterocycles. The molecule has 0 aromatic carbocycles. The Labute approximate surface area is 123 Å². The lowest BCUT2D eigenvalue weighted by molar-refractivity contribution is -0.384. The third kappa shape index (κ3) is 2.43. The zero-order chi connectivity index (χ0) is 15.0. The Morgan fingerprint density at radius 1 is 1.38 bits per heavy atom. The van der Waals surface area contributed by atoms with Gasteiger partial charge in [-0.1, -0.05) is 11.6 Å². The molecule has 110 valence electrons. The molecule has 0 saturated carbocycles. The van der Waals surface area contributed by atoms with Crippen LogP contribution in [0.2, 0.25) is 5.02 Å². The van der Waals surface area contributed by atoms with Gasteiger partial charge in [0.05, 0.1) is 18.1 Å². The SMILES string of the molecule is O=c1ccc2c(Cl)c([N+](=O)[O-])c(N3CCOCC3)nc2[nH]1. The van der Waals surface area contributed by atoms with Crippen LogP contribution in [0.25, 0.3) is 11.0 Å². The van der Waals surface area contributed by atoms with Crippen molar-refractivity contribution < 1.29 is 9.66 Å². The number of H-pyrrole nitrogens is 1. The van der Waals surface area contributed by atoms with Crippen LogP contribution in [-0.2, 0) is 4.74 Å². The zero-order valence-corrected chi connectivity index (χ0v) is 11.6. The van der Waals surface area contributed by atoms with Gasteiger partial charge in [-0.05, 0) is 6.07 Å². The first kappa shape index (κ1) is 13.8. The highest BCUT2D eigenvalue weighted by Crippen LogP contribution is 2.38. The maximum atomic E-state index is 11.4. The van der Waals surface area contributed by atoms with Crippen molar-refractivity contribution in [1.29, 1.82) is 0 Å². The first-order chi connectivity index (χ1) is 10.1. The highest BCUT2D eigenvalue weighted by atomic mass is 35.5. The summed E-state index contributed by atoms with van der Waals surface area (Å²) in [6, 6.07) is 2.69. The molecule has 1 aliphatic rings. The molecule has 0 radical (unpaired) electrons. The summed E-state index contributed by atoms with van der Waals surface area (Å²) in [5.41, 5.74) is -0.356. The molecule has 0 aliphatic carbocycles. The van der Waals surface area contributed by atoms with Gasteiger partial charge in [0.1, 0.15) is 10.7 Å².